The van der Waals surface area contributed by atoms with Gasteiger partial charge in [0.1, 0.15) is 35.9 Å². The molecule has 1 saturated heterocycles. The van der Waals surface area contributed by atoms with Crippen LogP contribution < -0.4 is 48.7 Å². The van der Waals surface area contributed by atoms with Crippen LogP contribution in [0.5, 0.6) is 0 Å². The number of ether oxygens (including phenoxy) is 1. The number of methoxy groups -OCH3 is 1. The van der Waals surface area contributed by atoms with E-state index < -0.39 is 115 Å². The Morgan fingerprint density at radius 3 is 2.03 bits per heavy atom. The fraction of sp³-hybridized carbons (Fsp3) is 0.551. The predicted molar refractivity (Wildman–Crippen MR) is 264 cm³/mol. The number of nitrogens with two attached hydrogens (primary N) is 2. The molecule has 1 heterocycles. The van der Waals surface area contributed by atoms with E-state index in [9.17, 15) is 53.4 Å². The van der Waals surface area contributed by atoms with Gasteiger partial charge in [0.05, 0.1) is 24.5 Å². The Bertz CT molecular complexity index is 2140. The molecule has 0 aromatic heterocycles. The largest absolute Gasteiger partial charge is 0.480 e. The summed E-state index contributed by atoms with van der Waals surface area (Å²) in [7, 11) is 1.61. The maximum Gasteiger partial charge on any atom is 0.326 e. The van der Waals surface area contributed by atoms with Crippen LogP contribution in [0.25, 0.3) is 0 Å². The molecule has 1 aromatic carbocycles. The van der Waals surface area contributed by atoms with E-state index in [0.717, 1.165) is 5.56 Å². The van der Waals surface area contributed by atoms with Crippen LogP contribution in [0.4, 0.5) is 0 Å². The summed E-state index contributed by atoms with van der Waals surface area (Å²) in [6, 6.07) is 1.14. The lowest BCUT2D eigenvalue weighted by Crippen LogP contribution is -2.56. The Labute approximate surface area is 415 Å². The van der Waals surface area contributed by atoms with Crippen molar-refractivity contribution >= 4 is 59.2 Å². The number of carboxylic acids is 2. The lowest BCUT2D eigenvalue weighted by Gasteiger charge is -2.27. The first-order valence-electron chi connectivity index (χ1n) is 23.7. The first-order valence-corrected chi connectivity index (χ1v) is 23.7. The normalized spacial score (nSPS) is 24.7. The van der Waals surface area contributed by atoms with Gasteiger partial charge in [-0.1, -0.05) is 87.9 Å². The van der Waals surface area contributed by atoms with Gasteiger partial charge in [0, 0.05) is 26.0 Å². The van der Waals surface area contributed by atoms with Crippen LogP contribution in [0, 0.1) is 17.8 Å². The highest BCUT2D eigenvalue weighted by molar-refractivity contribution is 6.00. The summed E-state index contributed by atoms with van der Waals surface area (Å²) in [6.45, 7) is 11.7. The van der Waals surface area contributed by atoms with Crippen LogP contribution in [-0.2, 0) is 54.3 Å². The lowest BCUT2D eigenvalue weighted by molar-refractivity contribution is -0.144. The average molecular weight is 995 g/mol. The molecule has 1 aliphatic rings. The monoisotopic (exact) mass is 995 g/mol. The number of nitrogens with one attached hydrogen (secondary N) is 7. The summed E-state index contributed by atoms with van der Waals surface area (Å²) in [5.74, 6) is -10.7. The molecule has 392 valence electrons. The summed E-state index contributed by atoms with van der Waals surface area (Å²) >= 11 is 0. The SMILES string of the molecule is C/C=C1/NC(=O)CC[C@H](C(=O)O)NC(=O)[C@@H](C)[C@H](/C=C/C(C)=C/[C@H](C)[C@H](Cc2ccccc2)OC)NC(=O)[C@H](CCCN=C(N)N)NC(=O)C[C@H](C(=O)O)NC(=O)[C@H](CCC(C)C)NC(=O)[C@@H](C)NC1=O. The Hall–Kier alpha value is -7.10. The van der Waals surface area contributed by atoms with Crippen molar-refractivity contribution in [1.29, 1.82) is 0 Å². The molecule has 13 N–H and O–H groups in total. The fourth-order valence-electron chi connectivity index (χ4n) is 7.33. The van der Waals surface area contributed by atoms with Gasteiger partial charge in [-0.3, -0.25) is 38.6 Å². The van der Waals surface area contributed by atoms with Gasteiger partial charge in [-0.25, -0.2) is 9.59 Å². The summed E-state index contributed by atoms with van der Waals surface area (Å²) in [6.07, 6.45) is 5.51. The van der Waals surface area contributed by atoms with Crippen molar-refractivity contribution < 1.29 is 58.1 Å². The van der Waals surface area contributed by atoms with E-state index >= 15 is 0 Å². The summed E-state index contributed by atoms with van der Waals surface area (Å²) < 4.78 is 5.81. The molecule has 0 aliphatic carbocycles. The van der Waals surface area contributed by atoms with Crippen molar-refractivity contribution in [3.05, 3.63) is 71.5 Å². The molecule has 1 aromatic rings. The van der Waals surface area contributed by atoms with Gasteiger partial charge >= 0.3 is 11.9 Å². The van der Waals surface area contributed by atoms with Crippen LogP contribution in [0.15, 0.2) is 70.9 Å². The van der Waals surface area contributed by atoms with Crippen molar-refractivity contribution in [2.24, 2.45) is 34.2 Å². The molecule has 9 atom stereocenters. The number of benzene rings is 1. The second-order valence-electron chi connectivity index (χ2n) is 18.0. The molecule has 1 fully saturated rings. The van der Waals surface area contributed by atoms with Gasteiger partial charge in [-0.15, -0.1) is 0 Å². The number of aliphatic imine (C=N–C) groups is 1. The van der Waals surface area contributed by atoms with Crippen molar-refractivity contribution in [3.8, 4) is 0 Å². The van der Waals surface area contributed by atoms with Crippen LogP contribution in [0.3, 0.4) is 0 Å². The number of hydrogen-bond donors (Lipinski definition) is 11. The topological polar surface area (TPSA) is 352 Å². The molecule has 1 aliphatic heterocycles. The number of allylic oxidation sites excluding steroid dienone is 3. The van der Waals surface area contributed by atoms with E-state index in [1.165, 1.54) is 32.9 Å². The minimum atomic E-state index is -1.84. The number of carbonyl (C=O) groups excluding carboxylic acids is 7. The van der Waals surface area contributed by atoms with E-state index in [1.807, 2.05) is 57.2 Å². The Morgan fingerprint density at radius 2 is 1.44 bits per heavy atom. The van der Waals surface area contributed by atoms with Gasteiger partial charge in [0.15, 0.2) is 5.96 Å². The number of guanidine groups is 1. The molecule has 71 heavy (non-hydrogen) atoms. The third kappa shape index (κ3) is 22.0. The molecule has 0 spiro atoms. The smallest absolute Gasteiger partial charge is 0.326 e. The quantitative estimate of drug-likeness (QED) is 0.0359. The molecule has 0 unspecified atom stereocenters. The molecule has 7 amide bonds. The number of nitrogens with zero attached hydrogens (tertiary/aromatic N) is 1. The van der Waals surface area contributed by atoms with Crippen LogP contribution in [0.2, 0.25) is 0 Å². The second-order valence-corrected chi connectivity index (χ2v) is 18.0. The second kappa shape index (κ2) is 30.5. The Kier molecular flexibility index (Phi) is 25.8. The van der Waals surface area contributed by atoms with Gasteiger partial charge in [-0.05, 0) is 70.8 Å². The number of amides is 7. The van der Waals surface area contributed by atoms with Gasteiger partial charge in [0.2, 0.25) is 35.4 Å². The zero-order valence-corrected chi connectivity index (χ0v) is 41.9. The van der Waals surface area contributed by atoms with E-state index in [-0.39, 0.29) is 55.4 Å². The zero-order chi connectivity index (χ0) is 53.4. The highest BCUT2D eigenvalue weighted by Gasteiger charge is 2.34. The van der Waals surface area contributed by atoms with Crippen molar-refractivity contribution in [2.75, 3.05) is 13.7 Å². The van der Waals surface area contributed by atoms with Crippen molar-refractivity contribution in [1.82, 2.24) is 37.2 Å². The molecule has 0 bridgehead atoms. The highest BCUT2D eigenvalue weighted by Crippen LogP contribution is 2.18. The number of rotatable bonds is 16. The summed E-state index contributed by atoms with van der Waals surface area (Å²) in [5, 5.41) is 37.7. The first-order chi connectivity index (χ1) is 33.4. The third-order valence-electron chi connectivity index (χ3n) is 11.6. The summed E-state index contributed by atoms with van der Waals surface area (Å²) in [5.41, 5.74) is 12.5. The Balaban J connectivity index is 2.69. The molecular weight excluding hydrogens is 921 g/mol. The Morgan fingerprint density at radius 1 is 0.817 bits per heavy atom. The predicted octanol–water partition coefficient (Wildman–Crippen LogP) is 0.810. The third-order valence-corrected chi connectivity index (χ3v) is 11.6. The number of hydrogen-bond acceptors (Lipinski definition) is 11. The van der Waals surface area contributed by atoms with E-state index in [4.69, 9.17) is 16.2 Å². The van der Waals surface area contributed by atoms with E-state index in [1.54, 1.807) is 20.1 Å². The number of carboxylic acid groups (broad SMARTS) is 2. The maximum atomic E-state index is 14.3. The van der Waals surface area contributed by atoms with E-state index in [2.05, 4.69) is 42.2 Å². The standard InChI is InChI=1S/C49H74N10O12/c1-9-33-44(64)53-31(7)43(63)57-36(19-17-27(2)3)46(66)59-38(48(69)70)26-41(61)55-35(16-13-23-52-49(50)51)45(65)56-34(30(6)42(62)58-37(47(67)68)21-22-40(60)54-33)20-18-28(4)24-29(5)39(71-8)25-32-14-11-10-12-15-32/h9-12,14-15,18,20,24,27,29-31,34-39H,13,16-17,19,21-23,25-26H2,1-8H3,(H,53,64)(H,54,60)(H,55,61)(H,56,65)(H,57,63)(H,58,62)(H,59,66)(H,67,68)(H,69,70)(H4,50,51,52)/b20-18+,28-24+,33-9+/t29-,30-,31+,34-,35-,36-,37+,38+,39-/m0/s1. The van der Waals surface area contributed by atoms with Crippen LogP contribution >= 0.6 is 0 Å². The van der Waals surface area contributed by atoms with Gasteiger partial charge in [-0.2, -0.15) is 0 Å². The molecule has 0 radical (unpaired) electrons. The molecule has 22 heteroatoms. The fourth-order valence-corrected chi connectivity index (χ4v) is 7.33. The first kappa shape index (κ1) is 60.0. The average Bonchev–Trinajstić information content (AvgIpc) is 3.30. The minimum absolute atomic E-state index is 0.0310. The molecule has 22 nitrogen and oxygen atoms in total. The highest BCUT2D eigenvalue weighted by atomic mass is 16.5. The molecular formula is C49H74N10O12. The van der Waals surface area contributed by atoms with Gasteiger partial charge in [0.25, 0.3) is 5.91 Å². The lowest BCUT2D eigenvalue weighted by atomic mass is 9.94. The summed E-state index contributed by atoms with van der Waals surface area (Å²) in [4.78, 5) is 124. The van der Waals surface area contributed by atoms with E-state index in [0.29, 0.717) is 18.4 Å². The van der Waals surface area contributed by atoms with Crippen LogP contribution in [0.1, 0.15) is 99.0 Å². The maximum absolute atomic E-state index is 14.3. The minimum Gasteiger partial charge on any atom is -0.480 e. The molecule has 0 saturated carbocycles. The van der Waals surface area contributed by atoms with Gasteiger partial charge < -0.3 is 63.6 Å². The number of aliphatic carboxylic acids is 2. The zero-order valence-electron chi connectivity index (χ0n) is 41.9. The van der Waals surface area contributed by atoms with Crippen molar-refractivity contribution in [3.63, 3.8) is 0 Å². The molecule has 2 rings (SSSR count). The van der Waals surface area contributed by atoms with Crippen LogP contribution in [-0.4, -0.2) is 125 Å². The number of carbonyl (C=O) groups is 9. The van der Waals surface area contributed by atoms with Crippen molar-refractivity contribution in [2.45, 2.75) is 142 Å².